The zero-order chi connectivity index (χ0) is 9.14. The Bertz CT molecular complexity index is 319. The molecule has 0 unspecified atom stereocenters. The molecule has 1 heterocycles. The average molecular weight is 203 g/mol. The molecular weight excluding hydrogens is 192 g/mol. The molecule has 12 heavy (non-hydrogen) atoms. The van der Waals surface area contributed by atoms with Crippen molar-refractivity contribution in [3.63, 3.8) is 0 Å². The molecule has 2 nitrogen and oxygen atoms in total. The maximum Gasteiger partial charge on any atom is 0.149 e. The molecule has 0 fully saturated rings. The summed E-state index contributed by atoms with van der Waals surface area (Å²) in [4.78, 5) is 0. The summed E-state index contributed by atoms with van der Waals surface area (Å²) in [6, 6.07) is 1.82. The van der Waals surface area contributed by atoms with Gasteiger partial charge >= 0.3 is 0 Å². The summed E-state index contributed by atoms with van der Waals surface area (Å²) in [6.07, 6.45) is 0.942. The molecule has 0 amide bonds. The predicted octanol–water partition coefficient (Wildman–Crippen LogP) is 2.99. The van der Waals surface area contributed by atoms with Gasteiger partial charge in [0.2, 0.25) is 0 Å². The Morgan fingerprint density at radius 3 is 2.92 bits per heavy atom. The highest BCUT2D eigenvalue weighted by atomic mass is 35.5. The third kappa shape index (κ3) is 2.57. The molecule has 1 aromatic rings. The number of nitrogens with zero attached hydrogens (tertiary/aromatic N) is 1. The van der Waals surface area contributed by atoms with Crippen molar-refractivity contribution in [3.8, 4) is 0 Å². The molecule has 0 aliphatic heterocycles. The summed E-state index contributed by atoms with van der Waals surface area (Å²) < 4.78 is 0.688. The zero-order valence-electron chi connectivity index (χ0n) is 7.10. The van der Waals surface area contributed by atoms with E-state index < -0.39 is 0 Å². The van der Waals surface area contributed by atoms with Gasteiger partial charge in [-0.2, -0.15) is 5.10 Å². The molecule has 1 N–H and O–H groups in total. The topological polar surface area (TPSA) is 28.7 Å². The molecule has 4 heteroatoms. The van der Waals surface area contributed by atoms with Gasteiger partial charge in [-0.05, 0) is 24.0 Å². The summed E-state index contributed by atoms with van der Waals surface area (Å²) >= 11 is 10.8. The Labute approximate surface area is 82.0 Å². The first kappa shape index (κ1) is 9.68. The highest BCUT2D eigenvalue weighted by Crippen LogP contribution is 2.11. The van der Waals surface area contributed by atoms with Crippen LogP contribution in [-0.2, 0) is 6.42 Å². The normalized spacial score (nSPS) is 10.7. The van der Waals surface area contributed by atoms with Crippen LogP contribution in [0.5, 0.6) is 0 Å². The van der Waals surface area contributed by atoms with Crippen LogP contribution in [0.25, 0.3) is 0 Å². The molecular formula is C8H11ClN2S. The van der Waals surface area contributed by atoms with Crippen molar-refractivity contribution in [3.05, 3.63) is 21.4 Å². The number of aromatic nitrogens is 2. The Morgan fingerprint density at radius 2 is 2.33 bits per heavy atom. The summed E-state index contributed by atoms with van der Waals surface area (Å²) in [5.41, 5.74) is 1.07. The fourth-order valence-corrected chi connectivity index (χ4v) is 1.37. The standard InChI is InChI=1S/C8H11ClN2S/c1-5(2)3-6-4-7(9)10-11-8(6)12/h4-5H,3H2,1-2H3,(H,11,12). The first-order chi connectivity index (χ1) is 5.59. The number of hydrogen-bond donors (Lipinski definition) is 1. The van der Waals surface area contributed by atoms with Crippen LogP contribution in [-0.4, -0.2) is 10.2 Å². The van der Waals surface area contributed by atoms with E-state index in [0.29, 0.717) is 15.7 Å². The number of H-pyrrole nitrogens is 1. The lowest BCUT2D eigenvalue weighted by molar-refractivity contribution is 0.642. The van der Waals surface area contributed by atoms with Crippen LogP contribution < -0.4 is 0 Å². The number of halogens is 1. The van der Waals surface area contributed by atoms with Crippen molar-refractivity contribution in [2.24, 2.45) is 5.92 Å². The van der Waals surface area contributed by atoms with Crippen molar-refractivity contribution in [2.45, 2.75) is 20.3 Å². The summed E-state index contributed by atoms with van der Waals surface area (Å²) in [7, 11) is 0. The first-order valence-corrected chi connectivity index (χ1v) is 4.62. The second-order valence-corrected chi connectivity index (χ2v) is 3.94. The van der Waals surface area contributed by atoms with E-state index in [4.69, 9.17) is 23.8 Å². The number of nitrogens with one attached hydrogen (secondary N) is 1. The van der Waals surface area contributed by atoms with Gasteiger partial charge < -0.3 is 0 Å². The summed E-state index contributed by atoms with van der Waals surface area (Å²) in [6.45, 7) is 4.28. The molecule has 0 bridgehead atoms. The van der Waals surface area contributed by atoms with E-state index >= 15 is 0 Å². The fraction of sp³-hybridized carbons (Fsp3) is 0.500. The Hall–Kier alpha value is -0.410. The van der Waals surface area contributed by atoms with Gasteiger partial charge in [0.15, 0.2) is 0 Å². The highest BCUT2D eigenvalue weighted by molar-refractivity contribution is 7.71. The van der Waals surface area contributed by atoms with Gasteiger partial charge in [-0.1, -0.05) is 37.7 Å². The zero-order valence-corrected chi connectivity index (χ0v) is 8.67. The monoisotopic (exact) mass is 202 g/mol. The molecule has 0 radical (unpaired) electrons. The molecule has 0 aliphatic carbocycles. The van der Waals surface area contributed by atoms with Crippen LogP contribution in [0.15, 0.2) is 6.07 Å². The molecule has 0 saturated carbocycles. The minimum atomic E-state index is 0.472. The molecule has 0 aromatic carbocycles. The Morgan fingerprint density at radius 1 is 1.67 bits per heavy atom. The van der Waals surface area contributed by atoms with Gasteiger partial charge in [-0.3, -0.25) is 5.10 Å². The smallest absolute Gasteiger partial charge is 0.149 e. The third-order valence-corrected chi connectivity index (χ3v) is 2.02. The molecule has 0 aliphatic rings. The lowest BCUT2D eigenvalue weighted by Crippen LogP contribution is -1.97. The SMILES string of the molecule is CC(C)Cc1cc(Cl)n[nH]c1=S. The average Bonchev–Trinajstić information content (AvgIpc) is 1.96. The maximum atomic E-state index is 5.71. The van der Waals surface area contributed by atoms with Gasteiger partial charge in [0.25, 0.3) is 0 Å². The Kier molecular flexibility index (Phi) is 3.23. The van der Waals surface area contributed by atoms with Gasteiger partial charge in [0.1, 0.15) is 9.79 Å². The van der Waals surface area contributed by atoms with E-state index in [1.165, 1.54) is 0 Å². The van der Waals surface area contributed by atoms with E-state index in [9.17, 15) is 0 Å². The van der Waals surface area contributed by atoms with Crippen molar-refractivity contribution in [1.82, 2.24) is 10.2 Å². The van der Waals surface area contributed by atoms with Crippen molar-refractivity contribution >= 4 is 23.8 Å². The van der Waals surface area contributed by atoms with Gasteiger partial charge in [0, 0.05) is 0 Å². The maximum absolute atomic E-state index is 5.71. The highest BCUT2D eigenvalue weighted by Gasteiger charge is 2.01. The number of rotatable bonds is 2. The minimum absolute atomic E-state index is 0.472. The minimum Gasteiger partial charge on any atom is -0.266 e. The van der Waals surface area contributed by atoms with Gasteiger partial charge in [-0.25, -0.2) is 0 Å². The van der Waals surface area contributed by atoms with Gasteiger partial charge in [-0.15, -0.1) is 0 Å². The molecule has 0 atom stereocenters. The second kappa shape index (κ2) is 4.01. The third-order valence-electron chi connectivity index (χ3n) is 1.48. The van der Waals surface area contributed by atoms with Crippen LogP contribution in [0.1, 0.15) is 19.4 Å². The van der Waals surface area contributed by atoms with Crippen molar-refractivity contribution < 1.29 is 0 Å². The van der Waals surface area contributed by atoms with E-state index in [-0.39, 0.29) is 0 Å². The lowest BCUT2D eigenvalue weighted by atomic mass is 10.1. The molecule has 0 saturated heterocycles. The fourth-order valence-electron chi connectivity index (χ4n) is 1.01. The largest absolute Gasteiger partial charge is 0.266 e. The van der Waals surface area contributed by atoms with Crippen molar-refractivity contribution in [1.29, 1.82) is 0 Å². The summed E-state index contributed by atoms with van der Waals surface area (Å²) in [5, 5.41) is 6.96. The van der Waals surface area contributed by atoms with Crippen molar-refractivity contribution in [2.75, 3.05) is 0 Å². The van der Waals surface area contributed by atoms with Gasteiger partial charge in [0.05, 0.1) is 0 Å². The predicted molar refractivity (Wildman–Crippen MR) is 53.0 cm³/mol. The summed E-state index contributed by atoms with van der Waals surface area (Å²) in [5.74, 6) is 0.582. The first-order valence-electron chi connectivity index (χ1n) is 3.83. The van der Waals surface area contributed by atoms with E-state index in [1.54, 1.807) is 0 Å². The molecule has 1 aromatic heterocycles. The van der Waals surface area contributed by atoms with E-state index in [2.05, 4.69) is 24.0 Å². The van der Waals surface area contributed by atoms with Crippen LogP contribution in [0, 0.1) is 10.6 Å². The number of hydrogen-bond acceptors (Lipinski definition) is 2. The van der Waals surface area contributed by atoms with Crippen LogP contribution in [0.3, 0.4) is 0 Å². The second-order valence-electron chi connectivity index (χ2n) is 3.14. The molecule has 0 spiro atoms. The molecule has 66 valence electrons. The lowest BCUT2D eigenvalue weighted by Gasteiger charge is -2.04. The molecule has 1 rings (SSSR count). The van der Waals surface area contributed by atoms with Crippen LogP contribution in [0.2, 0.25) is 5.15 Å². The quantitative estimate of drug-likeness (QED) is 0.747. The van der Waals surface area contributed by atoms with Crippen LogP contribution >= 0.6 is 23.8 Å². The van der Waals surface area contributed by atoms with E-state index in [0.717, 1.165) is 12.0 Å². The Balaban J connectivity index is 2.98. The van der Waals surface area contributed by atoms with E-state index in [1.807, 2.05) is 6.07 Å². The number of aromatic amines is 1. The van der Waals surface area contributed by atoms with Crippen LogP contribution in [0.4, 0.5) is 0 Å².